The van der Waals surface area contributed by atoms with Gasteiger partial charge in [-0.25, -0.2) is 0 Å². The van der Waals surface area contributed by atoms with Crippen LogP contribution in [0.1, 0.15) is 25.6 Å². The Morgan fingerprint density at radius 3 is 2.91 bits per heavy atom. The molecule has 0 amide bonds. The Labute approximate surface area is 67.2 Å². The second kappa shape index (κ2) is 4.09. The molecule has 1 atom stereocenters. The van der Waals surface area contributed by atoms with Crippen molar-refractivity contribution in [1.82, 2.24) is 4.98 Å². The summed E-state index contributed by atoms with van der Waals surface area (Å²) in [5, 5.41) is 0. The quantitative estimate of drug-likeness (QED) is 0.660. The Balaban J connectivity index is 2.61. The van der Waals surface area contributed by atoms with E-state index in [0.717, 1.165) is 12.3 Å². The summed E-state index contributed by atoms with van der Waals surface area (Å²) < 4.78 is 5.37. The fourth-order valence-electron chi connectivity index (χ4n) is 0.952. The highest BCUT2D eigenvalue weighted by Gasteiger charge is 2.03. The predicted octanol–water partition coefficient (Wildman–Crippen LogP) is 2.18. The molecule has 0 aliphatic heterocycles. The Kier molecular flexibility index (Phi) is 3.05. The smallest absolute Gasteiger partial charge is 0.0966 e. The van der Waals surface area contributed by atoms with Gasteiger partial charge in [0.15, 0.2) is 0 Å². The first-order valence-corrected chi connectivity index (χ1v) is 3.87. The molecule has 0 saturated heterocycles. The molecule has 1 unspecified atom stereocenters. The van der Waals surface area contributed by atoms with Crippen LogP contribution in [0.4, 0.5) is 0 Å². The second-order valence-electron chi connectivity index (χ2n) is 2.35. The van der Waals surface area contributed by atoms with Gasteiger partial charge in [-0.15, -0.1) is 0 Å². The zero-order chi connectivity index (χ0) is 8.10. The first-order valence-electron chi connectivity index (χ1n) is 3.87. The van der Waals surface area contributed by atoms with Gasteiger partial charge in [-0.1, -0.05) is 6.07 Å². The van der Waals surface area contributed by atoms with E-state index < -0.39 is 0 Å². The highest BCUT2D eigenvalue weighted by atomic mass is 16.5. The summed E-state index contributed by atoms with van der Waals surface area (Å²) in [5.41, 5.74) is 0.995. The van der Waals surface area contributed by atoms with Crippen LogP contribution < -0.4 is 0 Å². The lowest BCUT2D eigenvalue weighted by molar-refractivity contribution is 0.0734. The normalized spacial score (nSPS) is 12.9. The molecule has 1 rings (SSSR count). The van der Waals surface area contributed by atoms with E-state index in [0.29, 0.717) is 0 Å². The van der Waals surface area contributed by atoms with Gasteiger partial charge in [0.2, 0.25) is 0 Å². The van der Waals surface area contributed by atoms with E-state index >= 15 is 0 Å². The maximum absolute atomic E-state index is 5.37. The van der Waals surface area contributed by atoms with Crippen LogP contribution in [-0.2, 0) is 4.74 Å². The number of hydrogen-bond donors (Lipinski definition) is 0. The third kappa shape index (κ3) is 2.31. The van der Waals surface area contributed by atoms with Crippen LogP contribution in [0.15, 0.2) is 24.4 Å². The third-order valence-electron chi connectivity index (χ3n) is 1.52. The van der Waals surface area contributed by atoms with Crippen molar-refractivity contribution in [3.63, 3.8) is 0 Å². The average molecular weight is 151 g/mol. The highest BCUT2D eigenvalue weighted by molar-refractivity contribution is 5.05. The van der Waals surface area contributed by atoms with Gasteiger partial charge < -0.3 is 4.74 Å². The van der Waals surface area contributed by atoms with Crippen molar-refractivity contribution in [2.75, 3.05) is 6.61 Å². The molecule has 2 nitrogen and oxygen atoms in total. The summed E-state index contributed by atoms with van der Waals surface area (Å²) in [4.78, 5) is 4.17. The van der Waals surface area contributed by atoms with Crippen LogP contribution in [0.3, 0.4) is 0 Å². The molecular formula is C9H13NO. The third-order valence-corrected chi connectivity index (χ3v) is 1.52. The van der Waals surface area contributed by atoms with E-state index in [2.05, 4.69) is 4.98 Å². The lowest BCUT2D eigenvalue weighted by atomic mass is 10.2. The predicted molar refractivity (Wildman–Crippen MR) is 44.3 cm³/mol. The molecule has 1 aromatic rings. The lowest BCUT2D eigenvalue weighted by Gasteiger charge is -2.09. The van der Waals surface area contributed by atoms with Gasteiger partial charge in [0, 0.05) is 12.8 Å². The molecule has 60 valence electrons. The summed E-state index contributed by atoms with van der Waals surface area (Å²) in [6.07, 6.45) is 1.89. The second-order valence-corrected chi connectivity index (χ2v) is 2.35. The number of rotatable bonds is 3. The Morgan fingerprint density at radius 2 is 2.36 bits per heavy atom. The number of pyridine rings is 1. The molecule has 0 radical (unpaired) electrons. The minimum absolute atomic E-state index is 0.112. The van der Waals surface area contributed by atoms with E-state index in [-0.39, 0.29) is 6.10 Å². The number of ether oxygens (including phenoxy) is 1. The Morgan fingerprint density at radius 1 is 1.55 bits per heavy atom. The summed E-state index contributed by atoms with van der Waals surface area (Å²) in [7, 11) is 0. The highest BCUT2D eigenvalue weighted by Crippen LogP contribution is 2.11. The molecule has 0 fully saturated rings. The van der Waals surface area contributed by atoms with Gasteiger partial charge in [0.1, 0.15) is 0 Å². The van der Waals surface area contributed by atoms with Crippen molar-refractivity contribution in [2.24, 2.45) is 0 Å². The van der Waals surface area contributed by atoms with E-state index in [1.54, 1.807) is 6.20 Å². The average Bonchev–Trinajstić information content (AvgIpc) is 2.07. The molecule has 11 heavy (non-hydrogen) atoms. The van der Waals surface area contributed by atoms with Crippen LogP contribution >= 0.6 is 0 Å². The molecule has 0 bridgehead atoms. The Hall–Kier alpha value is -0.890. The zero-order valence-corrected chi connectivity index (χ0v) is 6.95. The molecule has 0 spiro atoms. The van der Waals surface area contributed by atoms with Crippen LogP contribution in [0.25, 0.3) is 0 Å². The minimum atomic E-state index is 0.112. The van der Waals surface area contributed by atoms with Crippen molar-refractivity contribution in [3.05, 3.63) is 30.1 Å². The monoisotopic (exact) mass is 151 g/mol. The maximum atomic E-state index is 5.37. The van der Waals surface area contributed by atoms with Crippen molar-refractivity contribution >= 4 is 0 Å². The fraction of sp³-hybridized carbons (Fsp3) is 0.444. The zero-order valence-electron chi connectivity index (χ0n) is 6.95. The van der Waals surface area contributed by atoms with Crippen LogP contribution in [0.2, 0.25) is 0 Å². The molecular weight excluding hydrogens is 138 g/mol. The van der Waals surface area contributed by atoms with Crippen LogP contribution in [-0.4, -0.2) is 11.6 Å². The summed E-state index contributed by atoms with van der Waals surface area (Å²) >= 11 is 0. The summed E-state index contributed by atoms with van der Waals surface area (Å²) in [6.45, 7) is 4.73. The molecule has 0 N–H and O–H groups in total. The van der Waals surface area contributed by atoms with E-state index in [4.69, 9.17) is 4.74 Å². The topological polar surface area (TPSA) is 22.1 Å². The summed E-state index contributed by atoms with van der Waals surface area (Å²) in [5.74, 6) is 0. The van der Waals surface area contributed by atoms with Gasteiger partial charge in [-0.3, -0.25) is 4.98 Å². The van der Waals surface area contributed by atoms with Crippen molar-refractivity contribution in [1.29, 1.82) is 0 Å². The maximum Gasteiger partial charge on any atom is 0.0966 e. The van der Waals surface area contributed by atoms with Crippen molar-refractivity contribution in [2.45, 2.75) is 20.0 Å². The Bertz CT molecular complexity index is 198. The number of hydrogen-bond acceptors (Lipinski definition) is 2. The minimum Gasteiger partial charge on any atom is -0.373 e. The van der Waals surface area contributed by atoms with E-state index in [9.17, 15) is 0 Å². The van der Waals surface area contributed by atoms with Gasteiger partial charge in [-0.2, -0.15) is 0 Å². The fourth-order valence-corrected chi connectivity index (χ4v) is 0.952. The first-order chi connectivity index (χ1) is 5.34. The first kappa shape index (κ1) is 8.21. The number of aromatic nitrogens is 1. The molecule has 0 aliphatic carbocycles. The summed E-state index contributed by atoms with van der Waals surface area (Å²) in [6, 6.07) is 5.85. The lowest BCUT2D eigenvalue weighted by Crippen LogP contribution is -2.00. The molecule has 0 aromatic carbocycles. The van der Waals surface area contributed by atoms with Crippen molar-refractivity contribution in [3.8, 4) is 0 Å². The standard InChI is InChI=1S/C9H13NO/c1-3-11-8(2)9-6-4-5-7-10-9/h4-8H,3H2,1-2H3. The van der Waals surface area contributed by atoms with E-state index in [1.807, 2.05) is 32.0 Å². The molecule has 2 heteroatoms. The molecule has 1 heterocycles. The molecule has 0 saturated carbocycles. The number of nitrogens with zero attached hydrogens (tertiary/aromatic N) is 1. The van der Waals surface area contributed by atoms with Gasteiger partial charge in [-0.05, 0) is 26.0 Å². The van der Waals surface area contributed by atoms with Gasteiger partial charge in [0.25, 0.3) is 0 Å². The van der Waals surface area contributed by atoms with Gasteiger partial charge in [0.05, 0.1) is 11.8 Å². The van der Waals surface area contributed by atoms with Crippen LogP contribution in [0, 0.1) is 0 Å². The SMILES string of the molecule is CCOC(C)c1ccccn1. The van der Waals surface area contributed by atoms with Crippen molar-refractivity contribution < 1.29 is 4.74 Å². The molecule has 1 aromatic heterocycles. The largest absolute Gasteiger partial charge is 0.373 e. The molecule has 0 aliphatic rings. The van der Waals surface area contributed by atoms with E-state index in [1.165, 1.54) is 0 Å². The van der Waals surface area contributed by atoms with Gasteiger partial charge >= 0.3 is 0 Å². The van der Waals surface area contributed by atoms with Crippen LogP contribution in [0.5, 0.6) is 0 Å².